The van der Waals surface area contributed by atoms with Crippen LogP contribution in [0.1, 0.15) is 24.1 Å². The molecule has 21 heavy (non-hydrogen) atoms. The van der Waals surface area contributed by atoms with E-state index in [1.54, 1.807) is 0 Å². The second kappa shape index (κ2) is 6.25. The standard InChI is InChI=1S/C18H17ClN2/c1-13(14-6-3-2-4-7-14)21-12-15-9-10-17(19)16-8-5-11-20-18(15)16/h2-11,13,21H,12H2,1H3. The van der Waals surface area contributed by atoms with Crippen LogP contribution in [0, 0.1) is 0 Å². The van der Waals surface area contributed by atoms with Crippen molar-refractivity contribution in [3.8, 4) is 0 Å². The predicted molar refractivity (Wildman–Crippen MR) is 88.4 cm³/mol. The molecule has 2 aromatic carbocycles. The number of fused-ring (bicyclic) bond motifs is 1. The van der Waals surface area contributed by atoms with Crippen molar-refractivity contribution < 1.29 is 0 Å². The Hall–Kier alpha value is -1.90. The number of aromatic nitrogens is 1. The van der Waals surface area contributed by atoms with Gasteiger partial charge in [0.05, 0.1) is 5.52 Å². The number of hydrogen-bond donors (Lipinski definition) is 1. The van der Waals surface area contributed by atoms with Crippen LogP contribution in [0.4, 0.5) is 0 Å². The van der Waals surface area contributed by atoms with Crippen molar-refractivity contribution in [1.29, 1.82) is 0 Å². The fourth-order valence-corrected chi connectivity index (χ4v) is 2.68. The SMILES string of the molecule is CC(NCc1ccc(Cl)c2cccnc12)c1ccccc1. The molecule has 0 amide bonds. The molecular formula is C18H17ClN2. The number of benzene rings is 2. The Morgan fingerprint density at radius 3 is 2.67 bits per heavy atom. The lowest BCUT2D eigenvalue weighted by molar-refractivity contribution is 0.576. The molecule has 3 aromatic rings. The summed E-state index contributed by atoms with van der Waals surface area (Å²) in [7, 11) is 0. The Balaban J connectivity index is 1.81. The van der Waals surface area contributed by atoms with Crippen LogP contribution in [-0.2, 0) is 6.54 Å². The summed E-state index contributed by atoms with van der Waals surface area (Å²) < 4.78 is 0. The molecule has 1 heterocycles. The van der Waals surface area contributed by atoms with Gasteiger partial charge in [0.1, 0.15) is 0 Å². The summed E-state index contributed by atoms with van der Waals surface area (Å²) in [5.41, 5.74) is 3.42. The van der Waals surface area contributed by atoms with Gasteiger partial charge in [0.2, 0.25) is 0 Å². The van der Waals surface area contributed by atoms with Crippen molar-refractivity contribution in [2.75, 3.05) is 0 Å². The van der Waals surface area contributed by atoms with Crippen molar-refractivity contribution in [2.45, 2.75) is 19.5 Å². The molecule has 0 fully saturated rings. The van der Waals surface area contributed by atoms with Gasteiger partial charge < -0.3 is 5.32 Å². The van der Waals surface area contributed by atoms with Crippen LogP contribution in [0.5, 0.6) is 0 Å². The van der Waals surface area contributed by atoms with Crippen molar-refractivity contribution in [3.05, 3.63) is 76.9 Å². The predicted octanol–water partition coefficient (Wildman–Crippen LogP) is 4.74. The van der Waals surface area contributed by atoms with Gasteiger partial charge in [-0.3, -0.25) is 4.98 Å². The normalized spacial score (nSPS) is 12.5. The molecule has 1 N–H and O–H groups in total. The zero-order chi connectivity index (χ0) is 14.7. The minimum Gasteiger partial charge on any atom is -0.306 e. The summed E-state index contributed by atoms with van der Waals surface area (Å²) >= 11 is 6.23. The second-order valence-electron chi connectivity index (χ2n) is 5.12. The lowest BCUT2D eigenvalue weighted by Gasteiger charge is -2.15. The first-order chi connectivity index (χ1) is 10.3. The van der Waals surface area contributed by atoms with Crippen molar-refractivity contribution in [2.24, 2.45) is 0 Å². The van der Waals surface area contributed by atoms with E-state index in [9.17, 15) is 0 Å². The van der Waals surface area contributed by atoms with E-state index in [-0.39, 0.29) is 0 Å². The van der Waals surface area contributed by atoms with Crippen LogP contribution >= 0.6 is 11.6 Å². The average Bonchev–Trinajstić information content (AvgIpc) is 2.55. The highest BCUT2D eigenvalue weighted by atomic mass is 35.5. The van der Waals surface area contributed by atoms with Gasteiger partial charge in [-0.15, -0.1) is 0 Å². The number of nitrogens with one attached hydrogen (secondary N) is 1. The lowest BCUT2D eigenvalue weighted by Crippen LogP contribution is -2.18. The smallest absolute Gasteiger partial charge is 0.0761 e. The van der Waals surface area contributed by atoms with Gasteiger partial charge in [0.15, 0.2) is 0 Å². The molecule has 0 bridgehead atoms. The summed E-state index contributed by atoms with van der Waals surface area (Å²) in [4.78, 5) is 4.47. The first-order valence-corrected chi connectivity index (χ1v) is 7.44. The molecule has 0 aliphatic heterocycles. The largest absolute Gasteiger partial charge is 0.306 e. The van der Waals surface area contributed by atoms with Gasteiger partial charge >= 0.3 is 0 Å². The van der Waals surface area contributed by atoms with Crippen LogP contribution in [0.3, 0.4) is 0 Å². The van der Waals surface area contributed by atoms with Crippen LogP contribution < -0.4 is 5.32 Å². The van der Waals surface area contributed by atoms with E-state index in [1.807, 2.05) is 36.5 Å². The third-order valence-electron chi connectivity index (χ3n) is 3.70. The number of hydrogen-bond acceptors (Lipinski definition) is 2. The summed E-state index contributed by atoms with van der Waals surface area (Å²) in [6.07, 6.45) is 1.81. The summed E-state index contributed by atoms with van der Waals surface area (Å²) in [6, 6.07) is 18.6. The van der Waals surface area contributed by atoms with Crippen molar-refractivity contribution in [3.63, 3.8) is 0 Å². The molecule has 0 radical (unpaired) electrons. The van der Waals surface area contributed by atoms with Gasteiger partial charge in [0, 0.05) is 29.2 Å². The Labute approximate surface area is 129 Å². The van der Waals surface area contributed by atoms with E-state index in [1.165, 1.54) is 5.56 Å². The lowest BCUT2D eigenvalue weighted by atomic mass is 10.1. The van der Waals surface area contributed by atoms with Crippen molar-refractivity contribution >= 4 is 22.5 Å². The fraction of sp³-hybridized carbons (Fsp3) is 0.167. The third-order valence-corrected chi connectivity index (χ3v) is 4.03. The average molecular weight is 297 g/mol. The van der Waals surface area contributed by atoms with E-state index in [0.29, 0.717) is 6.04 Å². The summed E-state index contributed by atoms with van der Waals surface area (Å²) in [6.45, 7) is 2.93. The highest BCUT2D eigenvalue weighted by Crippen LogP contribution is 2.25. The van der Waals surface area contributed by atoms with Crippen LogP contribution in [0.25, 0.3) is 10.9 Å². The van der Waals surface area contributed by atoms with E-state index in [2.05, 4.69) is 41.5 Å². The molecule has 1 unspecified atom stereocenters. The molecular weight excluding hydrogens is 280 g/mol. The molecule has 0 spiro atoms. The topological polar surface area (TPSA) is 24.9 Å². The van der Waals surface area contributed by atoms with E-state index >= 15 is 0 Å². The van der Waals surface area contributed by atoms with Gasteiger partial charge in [-0.25, -0.2) is 0 Å². The Bertz CT molecular complexity index is 741. The highest BCUT2D eigenvalue weighted by Gasteiger charge is 2.08. The number of rotatable bonds is 4. The molecule has 3 rings (SSSR count). The molecule has 0 aliphatic carbocycles. The Morgan fingerprint density at radius 2 is 1.86 bits per heavy atom. The van der Waals surface area contributed by atoms with Crippen LogP contribution in [-0.4, -0.2) is 4.98 Å². The van der Waals surface area contributed by atoms with Gasteiger partial charge in [-0.1, -0.05) is 48.0 Å². The van der Waals surface area contributed by atoms with E-state index < -0.39 is 0 Å². The molecule has 2 nitrogen and oxygen atoms in total. The summed E-state index contributed by atoms with van der Waals surface area (Å²) in [5, 5.41) is 5.30. The molecule has 106 valence electrons. The van der Waals surface area contributed by atoms with E-state index in [0.717, 1.165) is 28.0 Å². The molecule has 3 heteroatoms. The molecule has 0 saturated carbocycles. The minimum atomic E-state index is 0.292. The first-order valence-electron chi connectivity index (χ1n) is 7.06. The molecule has 0 saturated heterocycles. The maximum atomic E-state index is 6.23. The maximum Gasteiger partial charge on any atom is 0.0761 e. The van der Waals surface area contributed by atoms with Crippen LogP contribution in [0.2, 0.25) is 5.02 Å². The first kappa shape index (κ1) is 14.1. The molecule has 0 aliphatic rings. The highest BCUT2D eigenvalue weighted by molar-refractivity contribution is 6.35. The second-order valence-corrected chi connectivity index (χ2v) is 5.53. The zero-order valence-electron chi connectivity index (χ0n) is 11.9. The Kier molecular flexibility index (Phi) is 4.18. The minimum absolute atomic E-state index is 0.292. The zero-order valence-corrected chi connectivity index (χ0v) is 12.6. The fourth-order valence-electron chi connectivity index (χ4n) is 2.46. The van der Waals surface area contributed by atoms with E-state index in [4.69, 9.17) is 11.6 Å². The van der Waals surface area contributed by atoms with Gasteiger partial charge in [0.25, 0.3) is 0 Å². The van der Waals surface area contributed by atoms with Crippen molar-refractivity contribution in [1.82, 2.24) is 10.3 Å². The third kappa shape index (κ3) is 3.07. The Morgan fingerprint density at radius 1 is 1.05 bits per heavy atom. The summed E-state index contributed by atoms with van der Waals surface area (Å²) in [5.74, 6) is 0. The number of halogens is 1. The monoisotopic (exact) mass is 296 g/mol. The molecule has 1 aromatic heterocycles. The molecule has 1 atom stereocenters. The maximum absolute atomic E-state index is 6.23. The van der Waals surface area contributed by atoms with Crippen LogP contribution in [0.15, 0.2) is 60.8 Å². The number of pyridine rings is 1. The van der Waals surface area contributed by atoms with Gasteiger partial charge in [-0.05, 0) is 36.2 Å². The quantitative estimate of drug-likeness (QED) is 0.752. The van der Waals surface area contributed by atoms with Gasteiger partial charge in [-0.2, -0.15) is 0 Å². The number of nitrogens with zero attached hydrogens (tertiary/aromatic N) is 1.